The van der Waals surface area contributed by atoms with Crippen LogP contribution in [0.3, 0.4) is 0 Å². The largest absolute Gasteiger partial charge is 0.469 e. The molecule has 5 heteroatoms. The quantitative estimate of drug-likeness (QED) is 0.697. The Balaban J connectivity index is 1.90. The van der Waals surface area contributed by atoms with Gasteiger partial charge in [0.05, 0.1) is 19.6 Å². The Bertz CT molecular complexity index is 333. The number of hydrogen-bond donors (Lipinski definition) is 0. The van der Waals surface area contributed by atoms with Gasteiger partial charge in [-0.2, -0.15) is 0 Å². The zero-order chi connectivity index (χ0) is 14.4. The van der Waals surface area contributed by atoms with Crippen LogP contribution in [0.2, 0.25) is 0 Å². The number of rotatable bonds is 6. The van der Waals surface area contributed by atoms with Gasteiger partial charge in [-0.1, -0.05) is 12.8 Å². The number of nitrogens with zero attached hydrogens (tertiary/aromatic N) is 1. The van der Waals surface area contributed by atoms with E-state index in [1.807, 2.05) is 4.90 Å². The Labute approximate surface area is 120 Å². The first-order chi connectivity index (χ1) is 9.70. The third-order valence-corrected chi connectivity index (χ3v) is 4.28. The molecular formula is C15H25NO4. The maximum absolute atomic E-state index is 12.6. The molecule has 114 valence electrons. The molecule has 0 aromatic rings. The molecule has 5 nitrogen and oxygen atoms in total. The van der Waals surface area contributed by atoms with Gasteiger partial charge in [0.2, 0.25) is 5.91 Å². The molecule has 0 spiro atoms. The van der Waals surface area contributed by atoms with Gasteiger partial charge in [-0.3, -0.25) is 9.59 Å². The molecule has 0 aromatic heterocycles. The van der Waals surface area contributed by atoms with E-state index in [-0.39, 0.29) is 30.3 Å². The molecule has 2 aliphatic rings. The molecule has 0 bridgehead atoms. The molecule has 2 rings (SSSR count). The summed E-state index contributed by atoms with van der Waals surface area (Å²) in [6, 6.07) is 0. The Morgan fingerprint density at radius 3 is 2.55 bits per heavy atom. The highest BCUT2D eigenvalue weighted by Gasteiger charge is 2.30. The first-order valence-electron chi connectivity index (χ1n) is 7.68. The summed E-state index contributed by atoms with van der Waals surface area (Å²) in [7, 11) is 1.38. The summed E-state index contributed by atoms with van der Waals surface area (Å²) < 4.78 is 10.3. The molecule has 0 radical (unpaired) electrons. The predicted molar refractivity (Wildman–Crippen MR) is 74.1 cm³/mol. The van der Waals surface area contributed by atoms with Crippen LogP contribution in [0.25, 0.3) is 0 Å². The highest BCUT2D eigenvalue weighted by Crippen LogP contribution is 2.27. The van der Waals surface area contributed by atoms with E-state index in [0.717, 1.165) is 45.1 Å². The second-order valence-corrected chi connectivity index (χ2v) is 5.73. The average molecular weight is 283 g/mol. The number of esters is 1. The number of ether oxygens (including phenoxy) is 2. The van der Waals surface area contributed by atoms with Crippen LogP contribution >= 0.6 is 0 Å². The summed E-state index contributed by atoms with van der Waals surface area (Å²) in [5.41, 5.74) is 0. The fourth-order valence-electron chi connectivity index (χ4n) is 3.08. The van der Waals surface area contributed by atoms with Crippen molar-refractivity contribution in [3.63, 3.8) is 0 Å². The van der Waals surface area contributed by atoms with Crippen LogP contribution in [0.1, 0.15) is 44.9 Å². The molecule has 0 aromatic carbocycles. The molecular weight excluding hydrogens is 258 g/mol. The minimum Gasteiger partial charge on any atom is -0.469 e. The third-order valence-electron chi connectivity index (χ3n) is 4.28. The van der Waals surface area contributed by atoms with Crippen molar-refractivity contribution >= 4 is 11.9 Å². The Morgan fingerprint density at radius 1 is 1.20 bits per heavy atom. The normalized spacial score (nSPS) is 22.9. The van der Waals surface area contributed by atoms with Crippen molar-refractivity contribution < 1.29 is 19.1 Å². The minimum atomic E-state index is -0.262. The van der Waals surface area contributed by atoms with Crippen molar-refractivity contribution in [2.24, 2.45) is 5.92 Å². The maximum atomic E-state index is 12.6. The topological polar surface area (TPSA) is 55.8 Å². The van der Waals surface area contributed by atoms with Crippen molar-refractivity contribution in [3.8, 4) is 0 Å². The lowest BCUT2D eigenvalue weighted by Crippen LogP contribution is -2.41. The molecule has 0 N–H and O–H groups in total. The van der Waals surface area contributed by atoms with Gasteiger partial charge < -0.3 is 14.4 Å². The van der Waals surface area contributed by atoms with Gasteiger partial charge in [-0.15, -0.1) is 0 Å². The maximum Gasteiger partial charge on any atom is 0.307 e. The zero-order valence-corrected chi connectivity index (χ0v) is 12.3. The number of carbonyl (C=O) groups excluding carboxylic acids is 2. The van der Waals surface area contributed by atoms with Gasteiger partial charge in [0.1, 0.15) is 0 Å². The van der Waals surface area contributed by atoms with E-state index < -0.39 is 0 Å². The van der Waals surface area contributed by atoms with Crippen molar-refractivity contribution in [1.82, 2.24) is 4.90 Å². The predicted octanol–water partition coefficient (Wildman–Crippen LogP) is 1.75. The summed E-state index contributed by atoms with van der Waals surface area (Å²) in [4.78, 5) is 25.7. The highest BCUT2D eigenvalue weighted by molar-refractivity contribution is 5.80. The summed E-state index contributed by atoms with van der Waals surface area (Å²) in [5, 5.41) is 0. The van der Waals surface area contributed by atoms with Gasteiger partial charge in [0, 0.05) is 25.6 Å². The molecule has 1 saturated heterocycles. The Kier molecular flexibility index (Phi) is 5.83. The van der Waals surface area contributed by atoms with E-state index in [4.69, 9.17) is 4.74 Å². The lowest BCUT2D eigenvalue weighted by molar-refractivity contribution is -0.143. The van der Waals surface area contributed by atoms with Crippen molar-refractivity contribution in [2.75, 3.05) is 26.8 Å². The van der Waals surface area contributed by atoms with Gasteiger partial charge in [-0.05, 0) is 25.7 Å². The van der Waals surface area contributed by atoms with Crippen LogP contribution in [-0.2, 0) is 19.1 Å². The van der Waals surface area contributed by atoms with Gasteiger partial charge in [-0.25, -0.2) is 0 Å². The van der Waals surface area contributed by atoms with Crippen LogP contribution in [0.5, 0.6) is 0 Å². The lowest BCUT2D eigenvalue weighted by Gasteiger charge is -2.27. The first-order valence-corrected chi connectivity index (χ1v) is 7.68. The second kappa shape index (κ2) is 7.62. The summed E-state index contributed by atoms with van der Waals surface area (Å²) in [6.07, 6.45) is 6.72. The van der Waals surface area contributed by atoms with Gasteiger partial charge in [0.15, 0.2) is 0 Å². The van der Waals surface area contributed by atoms with Crippen LogP contribution < -0.4 is 0 Å². The number of hydrogen-bond acceptors (Lipinski definition) is 4. The molecule has 1 aliphatic heterocycles. The molecule has 2 fully saturated rings. The standard InChI is InChI=1S/C15H25NO4/c1-19-14(17)8-9-16(11-13-7-4-10-20-13)15(18)12-5-2-3-6-12/h12-13H,2-11H2,1H3. The Morgan fingerprint density at radius 2 is 1.95 bits per heavy atom. The summed E-state index contributed by atoms with van der Waals surface area (Å²) in [5.74, 6) is 0.0810. The molecule has 20 heavy (non-hydrogen) atoms. The fourth-order valence-corrected chi connectivity index (χ4v) is 3.08. The molecule has 1 amide bonds. The SMILES string of the molecule is COC(=O)CCN(CC1CCCO1)C(=O)C1CCCC1. The molecule has 1 atom stereocenters. The molecule has 1 heterocycles. The fraction of sp³-hybridized carbons (Fsp3) is 0.867. The van der Waals surface area contributed by atoms with E-state index >= 15 is 0 Å². The summed E-state index contributed by atoms with van der Waals surface area (Å²) in [6.45, 7) is 1.85. The van der Waals surface area contributed by atoms with Gasteiger partial charge in [0.25, 0.3) is 0 Å². The third kappa shape index (κ3) is 4.20. The molecule has 1 saturated carbocycles. The van der Waals surface area contributed by atoms with Crippen molar-refractivity contribution in [2.45, 2.75) is 51.0 Å². The zero-order valence-electron chi connectivity index (χ0n) is 12.3. The van der Waals surface area contributed by atoms with E-state index in [2.05, 4.69) is 4.74 Å². The smallest absolute Gasteiger partial charge is 0.307 e. The van der Waals surface area contributed by atoms with E-state index in [0.29, 0.717) is 13.1 Å². The van der Waals surface area contributed by atoms with E-state index in [9.17, 15) is 9.59 Å². The van der Waals surface area contributed by atoms with Crippen LogP contribution in [0.15, 0.2) is 0 Å². The van der Waals surface area contributed by atoms with Crippen molar-refractivity contribution in [3.05, 3.63) is 0 Å². The first kappa shape index (κ1) is 15.3. The number of amides is 1. The number of carbonyl (C=O) groups is 2. The van der Waals surface area contributed by atoms with Crippen molar-refractivity contribution in [1.29, 1.82) is 0 Å². The second-order valence-electron chi connectivity index (χ2n) is 5.73. The minimum absolute atomic E-state index is 0.137. The van der Waals surface area contributed by atoms with E-state index in [1.165, 1.54) is 7.11 Å². The van der Waals surface area contributed by atoms with Crippen LogP contribution in [-0.4, -0.2) is 49.7 Å². The Hall–Kier alpha value is -1.10. The molecule has 1 unspecified atom stereocenters. The van der Waals surface area contributed by atoms with Crippen LogP contribution in [0.4, 0.5) is 0 Å². The van der Waals surface area contributed by atoms with Gasteiger partial charge >= 0.3 is 5.97 Å². The van der Waals surface area contributed by atoms with E-state index in [1.54, 1.807) is 0 Å². The lowest BCUT2D eigenvalue weighted by atomic mass is 10.1. The monoisotopic (exact) mass is 283 g/mol. The molecule has 1 aliphatic carbocycles. The number of methoxy groups -OCH3 is 1. The van der Waals surface area contributed by atoms with Crippen LogP contribution in [0, 0.1) is 5.92 Å². The highest BCUT2D eigenvalue weighted by atomic mass is 16.5. The summed E-state index contributed by atoms with van der Waals surface area (Å²) >= 11 is 0. The average Bonchev–Trinajstić information content (AvgIpc) is 3.14.